The van der Waals surface area contributed by atoms with Crippen molar-refractivity contribution in [2.75, 3.05) is 0 Å². The number of rotatable bonds is 4. The van der Waals surface area contributed by atoms with Crippen LogP contribution in [0.2, 0.25) is 0 Å². The monoisotopic (exact) mass is 225 g/mol. The molecule has 82 valence electrons. The highest BCUT2D eigenvalue weighted by Crippen LogP contribution is 2.27. The Morgan fingerprint density at radius 3 is 3.00 bits per heavy atom. The van der Waals surface area contributed by atoms with E-state index in [9.17, 15) is 10.1 Å². The average Bonchev–Trinajstić information content (AvgIpc) is 2.84. The van der Waals surface area contributed by atoms with Gasteiger partial charge in [0.25, 0.3) is 0 Å². The molecular weight excluding hydrogens is 224 g/mol. The minimum atomic E-state index is -0.965. The second kappa shape index (κ2) is 4.03. The molecule has 0 unspecified atom stereocenters. The first-order valence-corrected chi connectivity index (χ1v) is 3.59. The van der Waals surface area contributed by atoms with Crippen molar-refractivity contribution < 1.29 is 9.66 Å². The third kappa shape index (κ3) is 2.08. The average molecular weight is 225 g/mol. The number of aromatic nitrogens is 6. The van der Waals surface area contributed by atoms with Gasteiger partial charge < -0.3 is 4.63 Å². The van der Waals surface area contributed by atoms with Crippen LogP contribution >= 0.6 is 0 Å². The third-order valence-corrected chi connectivity index (χ3v) is 1.20. The van der Waals surface area contributed by atoms with Gasteiger partial charge in [-0.1, -0.05) is 10.3 Å². The Labute approximate surface area is 85.0 Å². The van der Waals surface area contributed by atoms with Crippen molar-refractivity contribution in [2.45, 2.75) is 0 Å². The molecule has 0 bridgehead atoms. The Kier molecular flexibility index (Phi) is 2.41. The summed E-state index contributed by atoms with van der Waals surface area (Å²) in [6.07, 6.45) is 0. The summed E-state index contributed by atoms with van der Waals surface area (Å²) in [4.78, 5) is 10.1. The summed E-state index contributed by atoms with van der Waals surface area (Å²) in [5.74, 6) is -0.742. The lowest BCUT2D eigenvalue weighted by Gasteiger charge is -1.95. The van der Waals surface area contributed by atoms with Gasteiger partial charge in [0.15, 0.2) is 0 Å². The summed E-state index contributed by atoms with van der Waals surface area (Å²) in [5, 5.41) is 34.6. The van der Waals surface area contributed by atoms with Crippen molar-refractivity contribution >= 4 is 17.6 Å². The molecule has 2 aromatic heterocycles. The Morgan fingerprint density at radius 1 is 1.44 bits per heavy atom. The van der Waals surface area contributed by atoms with Crippen molar-refractivity contribution in [3.05, 3.63) is 15.5 Å². The first-order valence-electron chi connectivity index (χ1n) is 3.59. The fourth-order valence-electron chi connectivity index (χ4n) is 0.674. The lowest BCUT2D eigenvalue weighted by Crippen LogP contribution is -1.85. The number of nitro groups is 1. The molecule has 16 heavy (non-hydrogen) atoms. The molecular formula is C3HN10O3-. The first kappa shape index (κ1) is 9.56. The Bertz CT molecular complexity index is 499. The molecule has 0 atom stereocenters. The SMILES string of the molecule is O=[N+]([O-])[N-]c1nonc1N=Nc1nn[nH]n1. The summed E-state index contributed by atoms with van der Waals surface area (Å²) in [7, 11) is 0. The quantitative estimate of drug-likeness (QED) is 0.435. The number of nitrogens with zero attached hydrogens (tertiary/aromatic N) is 9. The topological polar surface area (TPSA) is 175 Å². The van der Waals surface area contributed by atoms with Crippen LogP contribution in [0.4, 0.5) is 17.6 Å². The van der Waals surface area contributed by atoms with Crippen molar-refractivity contribution in [1.29, 1.82) is 0 Å². The largest absolute Gasteiger partial charge is 0.346 e. The maximum Gasteiger partial charge on any atom is 0.307 e. The molecule has 0 amide bonds. The molecule has 0 spiro atoms. The number of aromatic amines is 1. The van der Waals surface area contributed by atoms with Crippen LogP contribution < -0.4 is 0 Å². The fraction of sp³-hybridized carbons (Fsp3) is 0. The van der Waals surface area contributed by atoms with Gasteiger partial charge in [0.2, 0.25) is 5.82 Å². The Hall–Kier alpha value is -2.99. The normalized spacial score (nSPS) is 10.8. The van der Waals surface area contributed by atoms with E-state index in [-0.39, 0.29) is 11.8 Å². The first-order chi connectivity index (χ1) is 7.75. The van der Waals surface area contributed by atoms with Crippen LogP contribution in [0.25, 0.3) is 5.43 Å². The zero-order valence-electron chi connectivity index (χ0n) is 7.25. The van der Waals surface area contributed by atoms with Crippen LogP contribution in [0.5, 0.6) is 0 Å². The van der Waals surface area contributed by atoms with Crippen LogP contribution in [0, 0.1) is 10.1 Å². The minimum Gasteiger partial charge on any atom is -0.346 e. The molecule has 0 radical (unpaired) electrons. The highest BCUT2D eigenvalue weighted by atomic mass is 16.7. The van der Waals surface area contributed by atoms with E-state index >= 15 is 0 Å². The number of H-pyrrole nitrogens is 1. The standard InChI is InChI=1S/C3HN10O3/c14-13(15)8-2-1(9-16-10-2)4-5-3-6-11-12-7-3/h(H-,6,7,8,10,11,12)/q-1. The molecule has 0 fully saturated rings. The van der Waals surface area contributed by atoms with Crippen LogP contribution in [-0.4, -0.2) is 36.0 Å². The van der Waals surface area contributed by atoms with Gasteiger partial charge in [0.05, 0.1) is 10.9 Å². The second-order valence-corrected chi connectivity index (χ2v) is 2.16. The summed E-state index contributed by atoms with van der Waals surface area (Å²) in [6.45, 7) is 0. The van der Waals surface area contributed by atoms with Crippen molar-refractivity contribution in [3.63, 3.8) is 0 Å². The molecule has 0 aliphatic carbocycles. The number of tetrazole rings is 1. The van der Waals surface area contributed by atoms with E-state index in [1.807, 2.05) is 0 Å². The van der Waals surface area contributed by atoms with E-state index in [1.54, 1.807) is 0 Å². The van der Waals surface area contributed by atoms with Crippen molar-refractivity contribution in [1.82, 2.24) is 30.9 Å². The number of hydrogen-bond donors (Lipinski definition) is 1. The lowest BCUT2D eigenvalue weighted by atomic mass is 10.7. The summed E-state index contributed by atoms with van der Waals surface area (Å²) in [6, 6.07) is 0. The van der Waals surface area contributed by atoms with Gasteiger partial charge >= 0.3 is 5.95 Å². The van der Waals surface area contributed by atoms with E-state index in [4.69, 9.17) is 0 Å². The summed E-state index contributed by atoms with van der Waals surface area (Å²) < 4.78 is 4.20. The van der Waals surface area contributed by atoms with E-state index in [1.165, 1.54) is 0 Å². The predicted octanol–water partition coefficient (Wildman–Crippen LogP) is 0.195. The van der Waals surface area contributed by atoms with Gasteiger partial charge in [0, 0.05) is 0 Å². The molecule has 2 aromatic rings. The highest BCUT2D eigenvalue weighted by Gasteiger charge is 2.05. The van der Waals surface area contributed by atoms with E-state index < -0.39 is 10.9 Å². The fourth-order valence-corrected chi connectivity index (χ4v) is 0.674. The van der Waals surface area contributed by atoms with E-state index in [0.717, 1.165) is 0 Å². The van der Waals surface area contributed by atoms with Gasteiger partial charge in [-0.25, -0.2) is 5.16 Å². The van der Waals surface area contributed by atoms with Crippen LogP contribution in [0.1, 0.15) is 0 Å². The zero-order valence-corrected chi connectivity index (χ0v) is 7.25. The maximum atomic E-state index is 10.1. The highest BCUT2D eigenvalue weighted by molar-refractivity contribution is 5.54. The van der Waals surface area contributed by atoms with Crippen LogP contribution in [-0.2, 0) is 0 Å². The molecule has 1 N–H and O–H groups in total. The zero-order chi connectivity index (χ0) is 11.4. The Morgan fingerprint density at radius 2 is 2.31 bits per heavy atom. The summed E-state index contributed by atoms with van der Waals surface area (Å²) >= 11 is 0. The molecule has 0 aliphatic heterocycles. The molecule has 13 heteroatoms. The van der Waals surface area contributed by atoms with E-state index in [0.29, 0.717) is 0 Å². The number of hydrogen-bond acceptors (Lipinski definition) is 10. The van der Waals surface area contributed by atoms with Gasteiger partial charge in [-0.2, -0.15) is 5.21 Å². The van der Waals surface area contributed by atoms with Gasteiger partial charge in [-0.05, 0) is 5.21 Å². The summed E-state index contributed by atoms with van der Waals surface area (Å²) in [5.41, 5.74) is 2.86. The lowest BCUT2D eigenvalue weighted by molar-refractivity contribution is -0.419. The van der Waals surface area contributed by atoms with Crippen LogP contribution in [0.3, 0.4) is 0 Å². The predicted molar refractivity (Wildman–Crippen MR) is 42.7 cm³/mol. The smallest absolute Gasteiger partial charge is 0.307 e. The van der Waals surface area contributed by atoms with Gasteiger partial charge in [-0.3, -0.25) is 10.1 Å². The van der Waals surface area contributed by atoms with Crippen LogP contribution in [0.15, 0.2) is 14.9 Å². The Balaban J connectivity index is 2.15. The maximum absolute atomic E-state index is 10.1. The van der Waals surface area contributed by atoms with Gasteiger partial charge in [0.1, 0.15) is 0 Å². The molecule has 0 aliphatic rings. The molecule has 0 saturated heterocycles. The number of azo groups is 1. The molecule has 13 nitrogen and oxygen atoms in total. The minimum absolute atomic E-state index is 0.0740. The molecule has 0 aromatic carbocycles. The molecule has 2 heterocycles. The molecule has 0 saturated carbocycles. The van der Waals surface area contributed by atoms with Crippen molar-refractivity contribution in [2.24, 2.45) is 10.2 Å². The third-order valence-electron chi connectivity index (χ3n) is 1.20. The van der Waals surface area contributed by atoms with Crippen molar-refractivity contribution in [3.8, 4) is 0 Å². The molecule has 2 rings (SSSR count). The van der Waals surface area contributed by atoms with Gasteiger partial charge in [-0.15, -0.1) is 20.8 Å². The second-order valence-electron chi connectivity index (χ2n) is 2.16. The van der Waals surface area contributed by atoms with E-state index in [2.05, 4.69) is 51.2 Å². The number of nitrogens with one attached hydrogen (secondary N) is 1.